The molecule has 0 spiro atoms. The van der Waals surface area contributed by atoms with Crippen molar-refractivity contribution in [1.82, 2.24) is 15.1 Å². The molecule has 0 atom stereocenters. The van der Waals surface area contributed by atoms with Crippen molar-refractivity contribution in [3.8, 4) is 10.8 Å². The highest BCUT2D eigenvalue weighted by Gasteiger charge is 2.14. The van der Waals surface area contributed by atoms with Gasteiger partial charge < -0.3 is 4.42 Å². The van der Waals surface area contributed by atoms with Crippen LogP contribution in [0, 0.1) is 5.82 Å². The Morgan fingerprint density at radius 1 is 1.08 bits per heavy atom. The average molecular weight is 359 g/mol. The molecule has 0 amide bonds. The Hall–Kier alpha value is -2.05. The zero-order valence-corrected chi connectivity index (χ0v) is 15.1. The Balaban J connectivity index is 1.67. The number of thiophene rings is 1. The van der Waals surface area contributed by atoms with Crippen LogP contribution in [0.2, 0.25) is 0 Å². The normalized spacial score (nSPS) is 11.3. The summed E-state index contributed by atoms with van der Waals surface area (Å²) in [6.07, 6.45) is 3.47. The molecule has 4 nitrogen and oxygen atoms in total. The van der Waals surface area contributed by atoms with Gasteiger partial charge in [0.15, 0.2) is 0 Å². The van der Waals surface area contributed by atoms with Crippen molar-refractivity contribution in [1.29, 1.82) is 0 Å². The molecule has 6 heteroatoms. The van der Waals surface area contributed by atoms with Gasteiger partial charge in [-0.3, -0.25) is 4.90 Å². The van der Waals surface area contributed by atoms with Crippen LogP contribution in [0.4, 0.5) is 4.39 Å². The van der Waals surface area contributed by atoms with E-state index in [2.05, 4.69) is 22.0 Å². The second-order valence-corrected chi connectivity index (χ2v) is 6.97. The number of halogens is 1. The smallest absolute Gasteiger partial charge is 0.257 e. The Morgan fingerprint density at radius 2 is 1.92 bits per heavy atom. The van der Waals surface area contributed by atoms with Crippen molar-refractivity contribution in [2.24, 2.45) is 0 Å². The quantitative estimate of drug-likeness (QED) is 0.497. The van der Waals surface area contributed by atoms with Gasteiger partial charge in [-0.25, -0.2) is 4.39 Å². The van der Waals surface area contributed by atoms with Gasteiger partial charge in [-0.1, -0.05) is 38.0 Å². The Bertz CT molecular complexity index is 755. The number of rotatable bonds is 9. The maximum atomic E-state index is 13.1. The van der Waals surface area contributed by atoms with Gasteiger partial charge in [0.25, 0.3) is 5.89 Å². The lowest BCUT2D eigenvalue weighted by Gasteiger charge is -2.20. The molecule has 0 unspecified atom stereocenters. The van der Waals surface area contributed by atoms with E-state index >= 15 is 0 Å². The first-order valence-corrected chi connectivity index (χ1v) is 9.45. The van der Waals surface area contributed by atoms with Gasteiger partial charge in [-0.2, -0.15) is 0 Å². The second kappa shape index (κ2) is 8.87. The molecule has 0 saturated carbocycles. The van der Waals surface area contributed by atoms with Crippen LogP contribution in [-0.2, 0) is 13.1 Å². The molecule has 0 fully saturated rings. The third-order valence-electron chi connectivity index (χ3n) is 3.96. The van der Waals surface area contributed by atoms with Crippen molar-refractivity contribution in [2.75, 3.05) is 6.54 Å². The highest BCUT2D eigenvalue weighted by molar-refractivity contribution is 7.13. The summed E-state index contributed by atoms with van der Waals surface area (Å²) in [5, 5.41) is 10.3. The molecular formula is C19H22FN3OS. The van der Waals surface area contributed by atoms with E-state index in [0.29, 0.717) is 18.3 Å². The van der Waals surface area contributed by atoms with Crippen LogP contribution in [0.25, 0.3) is 10.8 Å². The van der Waals surface area contributed by atoms with Gasteiger partial charge in [0.05, 0.1) is 11.4 Å². The minimum Gasteiger partial charge on any atom is -0.419 e. The summed E-state index contributed by atoms with van der Waals surface area (Å²) in [5.41, 5.74) is 1.08. The summed E-state index contributed by atoms with van der Waals surface area (Å²) in [5.74, 6) is 0.973. The lowest BCUT2D eigenvalue weighted by Crippen LogP contribution is -2.24. The highest BCUT2D eigenvalue weighted by Crippen LogP contribution is 2.23. The third-order valence-corrected chi connectivity index (χ3v) is 4.81. The summed E-state index contributed by atoms with van der Waals surface area (Å²) in [7, 11) is 0. The maximum Gasteiger partial charge on any atom is 0.257 e. The topological polar surface area (TPSA) is 42.2 Å². The first kappa shape index (κ1) is 17.8. The molecule has 0 saturated heterocycles. The van der Waals surface area contributed by atoms with Crippen molar-refractivity contribution in [3.63, 3.8) is 0 Å². The minimum atomic E-state index is -0.209. The summed E-state index contributed by atoms with van der Waals surface area (Å²) >= 11 is 1.58. The van der Waals surface area contributed by atoms with E-state index in [1.807, 2.05) is 29.6 Å². The van der Waals surface area contributed by atoms with Gasteiger partial charge in [-0.15, -0.1) is 21.5 Å². The maximum absolute atomic E-state index is 13.1. The van der Waals surface area contributed by atoms with Crippen molar-refractivity contribution in [2.45, 2.75) is 39.3 Å². The molecule has 0 aliphatic carbocycles. The number of hydrogen-bond acceptors (Lipinski definition) is 5. The number of hydrogen-bond donors (Lipinski definition) is 0. The molecular weight excluding hydrogens is 337 g/mol. The molecule has 2 heterocycles. The molecule has 0 aliphatic heterocycles. The van der Waals surface area contributed by atoms with Crippen LogP contribution >= 0.6 is 11.3 Å². The molecule has 3 rings (SSSR count). The number of aromatic nitrogens is 2. The lowest BCUT2D eigenvalue weighted by atomic mass is 10.2. The van der Waals surface area contributed by atoms with Gasteiger partial charge in [-0.05, 0) is 42.1 Å². The standard InChI is InChI=1S/C19H22FN3OS/c1-2-3-4-11-23(13-15-7-9-16(20)10-8-15)14-18-21-22-19(24-18)17-6-5-12-25-17/h5-10,12H,2-4,11,13-14H2,1H3. The third kappa shape index (κ3) is 5.21. The van der Waals surface area contributed by atoms with E-state index in [4.69, 9.17) is 4.42 Å². The first-order chi connectivity index (χ1) is 12.2. The summed E-state index contributed by atoms with van der Waals surface area (Å²) < 4.78 is 18.9. The summed E-state index contributed by atoms with van der Waals surface area (Å²) in [6.45, 7) is 4.47. The van der Waals surface area contributed by atoms with E-state index in [1.54, 1.807) is 11.3 Å². The summed E-state index contributed by atoms with van der Waals surface area (Å²) in [6, 6.07) is 10.6. The van der Waals surface area contributed by atoms with Crippen LogP contribution in [0.1, 0.15) is 37.6 Å². The van der Waals surface area contributed by atoms with Crippen LogP contribution in [0.5, 0.6) is 0 Å². The molecule has 0 bridgehead atoms. The molecule has 0 radical (unpaired) electrons. The van der Waals surface area contributed by atoms with E-state index in [9.17, 15) is 4.39 Å². The second-order valence-electron chi connectivity index (χ2n) is 6.02. The van der Waals surface area contributed by atoms with Crippen molar-refractivity contribution >= 4 is 11.3 Å². The fourth-order valence-corrected chi connectivity index (χ4v) is 3.30. The number of benzene rings is 1. The van der Waals surface area contributed by atoms with Gasteiger partial charge in [0.2, 0.25) is 5.89 Å². The van der Waals surface area contributed by atoms with Gasteiger partial charge in [0.1, 0.15) is 5.82 Å². The van der Waals surface area contributed by atoms with Crippen LogP contribution in [-0.4, -0.2) is 21.6 Å². The van der Waals surface area contributed by atoms with Crippen molar-refractivity contribution in [3.05, 3.63) is 59.0 Å². The SMILES string of the molecule is CCCCCN(Cc1ccc(F)cc1)Cc1nnc(-c2cccs2)o1. The molecule has 132 valence electrons. The van der Waals surface area contributed by atoms with Gasteiger partial charge >= 0.3 is 0 Å². The Morgan fingerprint density at radius 3 is 2.64 bits per heavy atom. The molecule has 1 aromatic carbocycles. The van der Waals surface area contributed by atoms with E-state index < -0.39 is 0 Å². The number of unbranched alkanes of at least 4 members (excludes halogenated alkanes) is 2. The summed E-state index contributed by atoms with van der Waals surface area (Å²) in [4.78, 5) is 3.25. The zero-order valence-electron chi connectivity index (χ0n) is 14.3. The predicted octanol–water partition coefficient (Wildman–Crippen LogP) is 5.13. The Labute approximate surface area is 151 Å². The largest absolute Gasteiger partial charge is 0.419 e. The van der Waals surface area contributed by atoms with Gasteiger partial charge in [0, 0.05) is 6.54 Å². The van der Waals surface area contributed by atoms with Crippen LogP contribution in [0.15, 0.2) is 46.2 Å². The first-order valence-electron chi connectivity index (χ1n) is 8.57. The average Bonchev–Trinajstić information content (AvgIpc) is 3.28. The molecule has 25 heavy (non-hydrogen) atoms. The fraction of sp³-hybridized carbons (Fsp3) is 0.368. The van der Waals surface area contributed by atoms with Crippen LogP contribution in [0.3, 0.4) is 0 Å². The molecule has 2 aromatic heterocycles. The van der Waals surface area contributed by atoms with Crippen molar-refractivity contribution < 1.29 is 8.81 Å². The van der Waals surface area contributed by atoms with Crippen LogP contribution < -0.4 is 0 Å². The molecule has 3 aromatic rings. The minimum absolute atomic E-state index is 0.209. The lowest BCUT2D eigenvalue weighted by molar-refractivity contribution is 0.227. The Kier molecular flexibility index (Phi) is 6.30. The molecule has 0 N–H and O–H groups in total. The van der Waals surface area contributed by atoms with E-state index in [1.165, 1.54) is 25.0 Å². The highest BCUT2D eigenvalue weighted by atomic mass is 32.1. The zero-order chi connectivity index (χ0) is 17.5. The molecule has 0 aliphatic rings. The van der Waals surface area contributed by atoms with E-state index in [0.717, 1.165) is 30.0 Å². The number of nitrogens with zero attached hydrogens (tertiary/aromatic N) is 3. The predicted molar refractivity (Wildman–Crippen MR) is 97.7 cm³/mol. The monoisotopic (exact) mass is 359 g/mol. The van der Waals surface area contributed by atoms with E-state index in [-0.39, 0.29) is 5.82 Å². The fourth-order valence-electron chi connectivity index (χ4n) is 2.66.